The molecule has 0 aliphatic heterocycles. The lowest BCUT2D eigenvalue weighted by molar-refractivity contribution is 0.00361. The molecular weight excluding hydrogens is 244 g/mol. The fourth-order valence-corrected chi connectivity index (χ4v) is 2.82. The van der Waals surface area contributed by atoms with Crippen molar-refractivity contribution in [2.45, 2.75) is 52.7 Å². The van der Waals surface area contributed by atoms with Crippen LogP contribution in [-0.2, 0) is 11.2 Å². The van der Waals surface area contributed by atoms with Crippen molar-refractivity contribution in [2.75, 3.05) is 13.2 Å². The van der Waals surface area contributed by atoms with Gasteiger partial charge in [0.1, 0.15) is 0 Å². The zero-order valence-electron chi connectivity index (χ0n) is 12.0. The van der Waals surface area contributed by atoms with Gasteiger partial charge < -0.3 is 10.1 Å². The monoisotopic (exact) mass is 270 g/mol. The molecule has 0 amide bonds. The topological polar surface area (TPSA) is 34.2 Å². The van der Waals surface area contributed by atoms with Crippen LogP contribution in [0, 0.1) is 5.92 Å². The summed E-state index contributed by atoms with van der Waals surface area (Å²) in [5.74, 6) is 0.513. The SMILES string of the molecule is CCCNC(Cc1nccs1)C(OCC)C(C)C. The van der Waals surface area contributed by atoms with Crippen molar-refractivity contribution in [3.63, 3.8) is 0 Å². The van der Waals surface area contributed by atoms with E-state index in [1.165, 1.54) is 5.01 Å². The van der Waals surface area contributed by atoms with Gasteiger partial charge in [0.05, 0.1) is 11.1 Å². The van der Waals surface area contributed by atoms with Crippen molar-refractivity contribution in [1.29, 1.82) is 0 Å². The number of hydrogen-bond acceptors (Lipinski definition) is 4. The Bertz CT molecular complexity index is 301. The minimum Gasteiger partial charge on any atom is -0.377 e. The van der Waals surface area contributed by atoms with Crippen LogP contribution in [-0.4, -0.2) is 30.3 Å². The summed E-state index contributed by atoms with van der Waals surface area (Å²) in [6.45, 7) is 10.5. The van der Waals surface area contributed by atoms with Gasteiger partial charge in [-0.05, 0) is 25.8 Å². The van der Waals surface area contributed by atoms with Gasteiger partial charge in [0.2, 0.25) is 0 Å². The Labute approximate surface area is 115 Å². The average Bonchev–Trinajstić information content (AvgIpc) is 2.84. The molecule has 1 rings (SSSR count). The minimum atomic E-state index is 0.255. The highest BCUT2D eigenvalue weighted by Crippen LogP contribution is 2.17. The normalized spacial score (nSPS) is 14.9. The standard InChI is InChI=1S/C14H26N2OS/c1-5-7-15-12(10-13-16-8-9-18-13)14(11(3)4)17-6-2/h8-9,11-12,14-15H,5-7,10H2,1-4H3. The largest absolute Gasteiger partial charge is 0.377 e. The van der Waals surface area contributed by atoms with E-state index in [4.69, 9.17) is 4.74 Å². The van der Waals surface area contributed by atoms with Gasteiger partial charge >= 0.3 is 0 Å². The van der Waals surface area contributed by atoms with Gasteiger partial charge in [-0.15, -0.1) is 11.3 Å². The second-order valence-corrected chi connectivity index (χ2v) is 5.83. The van der Waals surface area contributed by atoms with Crippen LogP contribution in [0.1, 0.15) is 39.1 Å². The molecule has 1 aromatic rings. The van der Waals surface area contributed by atoms with E-state index in [0.717, 1.165) is 26.0 Å². The van der Waals surface area contributed by atoms with Gasteiger partial charge in [0.15, 0.2) is 0 Å². The highest BCUT2D eigenvalue weighted by molar-refractivity contribution is 7.09. The summed E-state index contributed by atoms with van der Waals surface area (Å²) >= 11 is 1.73. The first-order valence-electron chi connectivity index (χ1n) is 6.92. The number of nitrogens with zero attached hydrogens (tertiary/aromatic N) is 1. The first-order chi connectivity index (χ1) is 8.69. The Morgan fingerprint density at radius 3 is 2.67 bits per heavy atom. The Morgan fingerprint density at radius 1 is 1.39 bits per heavy atom. The molecule has 1 N–H and O–H groups in total. The predicted molar refractivity (Wildman–Crippen MR) is 78.2 cm³/mol. The van der Waals surface area contributed by atoms with Crippen molar-refractivity contribution in [3.05, 3.63) is 16.6 Å². The Kier molecular flexibility index (Phi) is 7.47. The van der Waals surface area contributed by atoms with E-state index < -0.39 is 0 Å². The average molecular weight is 270 g/mol. The molecule has 0 aliphatic rings. The lowest BCUT2D eigenvalue weighted by Crippen LogP contribution is -2.46. The highest BCUT2D eigenvalue weighted by atomic mass is 32.1. The number of rotatable bonds is 9. The quantitative estimate of drug-likeness (QED) is 0.748. The van der Waals surface area contributed by atoms with E-state index >= 15 is 0 Å². The van der Waals surface area contributed by atoms with Crippen LogP contribution < -0.4 is 5.32 Å². The fourth-order valence-electron chi connectivity index (χ4n) is 2.14. The van der Waals surface area contributed by atoms with E-state index in [1.54, 1.807) is 11.3 Å². The Hall–Kier alpha value is -0.450. The molecule has 18 heavy (non-hydrogen) atoms. The third-order valence-corrected chi connectivity index (χ3v) is 3.75. The van der Waals surface area contributed by atoms with E-state index in [-0.39, 0.29) is 6.10 Å². The number of hydrogen-bond donors (Lipinski definition) is 1. The second kappa shape index (κ2) is 8.62. The minimum absolute atomic E-state index is 0.255. The van der Waals surface area contributed by atoms with Gasteiger partial charge in [-0.3, -0.25) is 0 Å². The molecule has 3 nitrogen and oxygen atoms in total. The van der Waals surface area contributed by atoms with Crippen molar-refractivity contribution < 1.29 is 4.74 Å². The number of aromatic nitrogens is 1. The summed E-state index contributed by atoms with van der Waals surface area (Å²) in [6, 6.07) is 0.357. The van der Waals surface area contributed by atoms with E-state index in [1.807, 2.05) is 11.6 Å². The van der Waals surface area contributed by atoms with Crippen LogP contribution in [0.15, 0.2) is 11.6 Å². The molecule has 1 aromatic heterocycles. The zero-order chi connectivity index (χ0) is 13.4. The predicted octanol–water partition coefficient (Wildman–Crippen LogP) is 3.11. The van der Waals surface area contributed by atoms with E-state index in [9.17, 15) is 0 Å². The van der Waals surface area contributed by atoms with Crippen LogP contribution in [0.4, 0.5) is 0 Å². The number of nitrogens with one attached hydrogen (secondary N) is 1. The van der Waals surface area contributed by atoms with E-state index in [2.05, 4.69) is 38.0 Å². The molecule has 0 aliphatic carbocycles. The third kappa shape index (κ3) is 5.04. The third-order valence-electron chi connectivity index (χ3n) is 2.95. The lowest BCUT2D eigenvalue weighted by Gasteiger charge is -2.30. The smallest absolute Gasteiger partial charge is 0.0941 e. The molecule has 0 aromatic carbocycles. The summed E-state index contributed by atoms with van der Waals surface area (Å²) in [4.78, 5) is 4.39. The van der Waals surface area contributed by atoms with Crippen molar-refractivity contribution in [3.8, 4) is 0 Å². The molecule has 2 unspecified atom stereocenters. The Balaban J connectivity index is 2.67. The van der Waals surface area contributed by atoms with E-state index in [0.29, 0.717) is 12.0 Å². The van der Waals surface area contributed by atoms with Gasteiger partial charge in [-0.25, -0.2) is 4.98 Å². The molecule has 0 saturated heterocycles. The molecule has 104 valence electrons. The van der Waals surface area contributed by atoms with Crippen LogP contribution in [0.3, 0.4) is 0 Å². The first kappa shape index (κ1) is 15.6. The van der Waals surface area contributed by atoms with Gasteiger partial charge in [-0.1, -0.05) is 20.8 Å². The summed E-state index contributed by atoms with van der Waals surface area (Å²) in [7, 11) is 0. The van der Waals surface area contributed by atoms with Gasteiger partial charge in [0, 0.05) is 30.6 Å². The molecule has 2 atom stereocenters. The summed E-state index contributed by atoms with van der Waals surface area (Å²) in [5, 5.41) is 6.84. The van der Waals surface area contributed by atoms with Crippen molar-refractivity contribution in [2.24, 2.45) is 5.92 Å². The number of thiazole rings is 1. The maximum Gasteiger partial charge on any atom is 0.0941 e. The van der Waals surface area contributed by atoms with Gasteiger partial charge in [-0.2, -0.15) is 0 Å². The molecular formula is C14H26N2OS. The second-order valence-electron chi connectivity index (χ2n) is 4.85. The van der Waals surface area contributed by atoms with Crippen LogP contribution >= 0.6 is 11.3 Å². The Morgan fingerprint density at radius 2 is 2.17 bits per heavy atom. The maximum atomic E-state index is 5.93. The molecule has 0 fully saturated rings. The van der Waals surface area contributed by atoms with Crippen LogP contribution in [0.2, 0.25) is 0 Å². The zero-order valence-corrected chi connectivity index (χ0v) is 12.8. The first-order valence-corrected chi connectivity index (χ1v) is 7.80. The van der Waals surface area contributed by atoms with Crippen LogP contribution in [0.25, 0.3) is 0 Å². The molecule has 4 heteroatoms. The van der Waals surface area contributed by atoms with Crippen molar-refractivity contribution in [1.82, 2.24) is 10.3 Å². The maximum absolute atomic E-state index is 5.93. The van der Waals surface area contributed by atoms with Crippen molar-refractivity contribution >= 4 is 11.3 Å². The molecule has 0 bridgehead atoms. The summed E-state index contributed by atoms with van der Waals surface area (Å²) in [6.07, 6.45) is 4.23. The van der Waals surface area contributed by atoms with Crippen LogP contribution in [0.5, 0.6) is 0 Å². The lowest BCUT2D eigenvalue weighted by atomic mass is 9.97. The number of ether oxygens (including phenoxy) is 1. The molecule has 0 radical (unpaired) electrons. The molecule has 0 spiro atoms. The molecule has 0 saturated carbocycles. The van der Waals surface area contributed by atoms with Gasteiger partial charge in [0.25, 0.3) is 0 Å². The highest BCUT2D eigenvalue weighted by Gasteiger charge is 2.25. The summed E-state index contributed by atoms with van der Waals surface area (Å²) in [5.41, 5.74) is 0. The molecule has 1 heterocycles. The fraction of sp³-hybridized carbons (Fsp3) is 0.786. The summed E-state index contributed by atoms with van der Waals surface area (Å²) < 4.78 is 5.93.